The molecule has 0 aliphatic heterocycles. The fourth-order valence-electron chi connectivity index (χ4n) is 1.12. The lowest BCUT2D eigenvalue weighted by Gasteiger charge is -2.21. The van der Waals surface area contributed by atoms with Gasteiger partial charge in [-0.15, -0.1) is 0 Å². The first-order valence-corrected chi connectivity index (χ1v) is 4.92. The van der Waals surface area contributed by atoms with E-state index in [1.807, 2.05) is 4.90 Å². The van der Waals surface area contributed by atoms with Gasteiger partial charge in [-0.05, 0) is 19.3 Å². The summed E-state index contributed by atoms with van der Waals surface area (Å²) in [4.78, 5) is 1.86. The van der Waals surface area contributed by atoms with Gasteiger partial charge in [0.05, 0.1) is 0 Å². The molecule has 0 radical (unpaired) electrons. The zero-order valence-corrected chi connectivity index (χ0v) is 8.42. The number of guanidine groups is 1. The lowest BCUT2D eigenvalue weighted by Crippen LogP contribution is -2.37. The van der Waals surface area contributed by atoms with Crippen LogP contribution in [0.3, 0.4) is 0 Å². The van der Waals surface area contributed by atoms with Gasteiger partial charge >= 0.3 is 0 Å². The van der Waals surface area contributed by atoms with Crippen LogP contribution < -0.4 is 5.73 Å². The van der Waals surface area contributed by atoms with E-state index in [4.69, 9.17) is 16.2 Å². The second-order valence-corrected chi connectivity index (χ2v) is 3.16. The van der Waals surface area contributed by atoms with E-state index >= 15 is 0 Å². The van der Waals surface area contributed by atoms with Gasteiger partial charge in [-0.1, -0.05) is 13.3 Å². The normalized spacial score (nSPS) is 10.0. The van der Waals surface area contributed by atoms with Crippen molar-refractivity contribution in [3.63, 3.8) is 0 Å². The molecule has 0 aromatic heterocycles. The fourth-order valence-corrected chi connectivity index (χ4v) is 1.12. The van der Waals surface area contributed by atoms with E-state index < -0.39 is 0 Å². The van der Waals surface area contributed by atoms with Crippen molar-refractivity contribution in [1.82, 2.24) is 4.90 Å². The number of aliphatic hydroxyl groups excluding tert-OH is 1. The molecule has 4 N–H and O–H groups in total. The molecule has 0 heterocycles. The highest BCUT2D eigenvalue weighted by Crippen LogP contribution is 1.97. The quantitative estimate of drug-likeness (QED) is 0.313. The van der Waals surface area contributed by atoms with Crippen LogP contribution in [0.25, 0.3) is 0 Å². The molecule has 0 aromatic carbocycles. The van der Waals surface area contributed by atoms with Gasteiger partial charge in [0.2, 0.25) is 0 Å². The Bertz CT molecular complexity index is 139. The van der Waals surface area contributed by atoms with E-state index in [9.17, 15) is 0 Å². The Labute approximate surface area is 80.2 Å². The predicted octanol–water partition coefficient (Wildman–Crippen LogP) is 0.754. The van der Waals surface area contributed by atoms with Gasteiger partial charge in [0.25, 0.3) is 0 Å². The molecule has 0 aliphatic carbocycles. The van der Waals surface area contributed by atoms with Crippen molar-refractivity contribution in [2.24, 2.45) is 5.73 Å². The van der Waals surface area contributed by atoms with Crippen LogP contribution in [-0.2, 0) is 0 Å². The second kappa shape index (κ2) is 7.86. The lowest BCUT2D eigenvalue weighted by molar-refractivity contribution is 0.274. The Morgan fingerprint density at radius 2 is 1.92 bits per heavy atom. The maximum absolute atomic E-state index is 8.59. The highest BCUT2D eigenvalue weighted by molar-refractivity contribution is 5.74. The molecule has 4 nitrogen and oxygen atoms in total. The maximum Gasteiger partial charge on any atom is 0.188 e. The topological polar surface area (TPSA) is 73.3 Å². The van der Waals surface area contributed by atoms with Gasteiger partial charge in [0, 0.05) is 19.7 Å². The van der Waals surface area contributed by atoms with E-state index in [0.29, 0.717) is 0 Å². The third-order valence-corrected chi connectivity index (χ3v) is 1.96. The summed E-state index contributed by atoms with van der Waals surface area (Å²) >= 11 is 0. The number of hydrogen-bond acceptors (Lipinski definition) is 2. The van der Waals surface area contributed by atoms with Crippen molar-refractivity contribution in [3.8, 4) is 0 Å². The fraction of sp³-hybridized carbons (Fsp3) is 0.889. The molecule has 0 atom stereocenters. The van der Waals surface area contributed by atoms with Gasteiger partial charge in [0.15, 0.2) is 5.96 Å². The summed E-state index contributed by atoms with van der Waals surface area (Å²) in [5.74, 6) is 0.145. The Balaban J connectivity index is 3.61. The van der Waals surface area contributed by atoms with Gasteiger partial charge in [-0.2, -0.15) is 0 Å². The Hall–Kier alpha value is -0.770. The highest BCUT2D eigenvalue weighted by atomic mass is 16.2. The van der Waals surface area contributed by atoms with Crippen molar-refractivity contribution in [2.45, 2.75) is 32.6 Å². The first-order valence-electron chi connectivity index (χ1n) is 4.92. The molecule has 0 unspecified atom stereocenters. The molecular weight excluding hydrogens is 166 g/mol. The maximum atomic E-state index is 8.59. The van der Waals surface area contributed by atoms with Crippen LogP contribution in [0.4, 0.5) is 0 Å². The van der Waals surface area contributed by atoms with E-state index in [2.05, 4.69) is 6.92 Å². The van der Waals surface area contributed by atoms with Crippen LogP contribution >= 0.6 is 0 Å². The summed E-state index contributed by atoms with van der Waals surface area (Å²) in [7, 11) is 0. The van der Waals surface area contributed by atoms with Crippen LogP contribution in [0.2, 0.25) is 0 Å². The van der Waals surface area contributed by atoms with Crippen molar-refractivity contribution in [2.75, 3.05) is 19.7 Å². The SMILES string of the molecule is CCCCN(CCCCO)C(=N)N. The molecule has 0 amide bonds. The number of rotatable bonds is 7. The Morgan fingerprint density at radius 1 is 1.31 bits per heavy atom. The third-order valence-electron chi connectivity index (χ3n) is 1.96. The average molecular weight is 187 g/mol. The van der Waals surface area contributed by atoms with Crippen LogP contribution in [0.1, 0.15) is 32.6 Å². The molecule has 4 heteroatoms. The first kappa shape index (κ1) is 12.2. The zero-order valence-electron chi connectivity index (χ0n) is 8.42. The van der Waals surface area contributed by atoms with Crippen molar-refractivity contribution in [1.29, 1.82) is 5.41 Å². The standard InChI is InChI=1S/C9H21N3O/c1-2-3-6-12(9(10)11)7-4-5-8-13/h13H,2-8H2,1H3,(H3,10,11). The zero-order chi connectivity index (χ0) is 10.1. The number of unbranched alkanes of at least 4 members (excludes halogenated alkanes) is 2. The number of hydrogen-bond donors (Lipinski definition) is 3. The third kappa shape index (κ3) is 6.40. The van der Waals surface area contributed by atoms with Gasteiger partial charge in [-0.3, -0.25) is 5.41 Å². The predicted molar refractivity (Wildman–Crippen MR) is 54.7 cm³/mol. The molecule has 0 spiro atoms. The van der Waals surface area contributed by atoms with E-state index in [1.54, 1.807) is 0 Å². The molecule has 0 fully saturated rings. The minimum Gasteiger partial charge on any atom is -0.396 e. The van der Waals surface area contributed by atoms with Crippen LogP contribution in [-0.4, -0.2) is 35.7 Å². The van der Waals surface area contributed by atoms with Crippen molar-refractivity contribution in [3.05, 3.63) is 0 Å². The molecular formula is C9H21N3O. The summed E-state index contributed by atoms with van der Waals surface area (Å²) in [5, 5.41) is 15.9. The van der Waals surface area contributed by atoms with Crippen molar-refractivity contribution < 1.29 is 5.11 Å². The molecule has 13 heavy (non-hydrogen) atoms. The van der Waals surface area contributed by atoms with Gasteiger partial charge < -0.3 is 15.7 Å². The second-order valence-electron chi connectivity index (χ2n) is 3.16. The molecule has 0 aromatic rings. The highest BCUT2D eigenvalue weighted by Gasteiger charge is 2.04. The first-order chi connectivity index (χ1) is 6.22. The van der Waals surface area contributed by atoms with Crippen LogP contribution in [0.15, 0.2) is 0 Å². The molecule has 78 valence electrons. The van der Waals surface area contributed by atoms with Crippen LogP contribution in [0.5, 0.6) is 0 Å². The lowest BCUT2D eigenvalue weighted by atomic mass is 10.2. The smallest absolute Gasteiger partial charge is 0.188 e. The van der Waals surface area contributed by atoms with E-state index in [-0.39, 0.29) is 12.6 Å². The summed E-state index contributed by atoms with van der Waals surface area (Å²) in [6.45, 7) is 3.98. The van der Waals surface area contributed by atoms with Gasteiger partial charge in [0.1, 0.15) is 0 Å². The van der Waals surface area contributed by atoms with Crippen LogP contribution in [0, 0.1) is 5.41 Å². The molecule has 0 bridgehead atoms. The number of aliphatic hydroxyl groups is 1. The molecule has 0 rings (SSSR count). The Kier molecular flexibility index (Phi) is 7.39. The minimum absolute atomic E-state index is 0.145. The van der Waals surface area contributed by atoms with E-state index in [0.717, 1.165) is 38.8 Å². The Morgan fingerprint density at radius 3 is 2.38 bits per heavy atom. The van der Waals surface area contributed by atoms with Gasteiger partial charge in [-0.25, -0.2) is 0 Å². The summed E-state index contributed by atoms with van der Waals surface area (Å²) in [6, 6.07) is 0. The largest absolute Gasteiger partial charge is 0.396 e. The monoisotopic (exact) mass is 187 g/mol. The van der Waals surface area contributed by atoms with Crippen molar-refractivity contribution >= 4 is 5.96 Å². The summed E-state index contributed by atoms with van der Waals surface area (Å²) in [6.07, 6.45) is 3.87. The average Bonchev–Trinajstić information content (AvgIpc) is 2.10. The molecule has 0 aliphatic rings. The molecule has 0 saturated heterocycles. The number of nitrogens with two attached hydrogens (primary N) is 1. The summed E-state index contributed by atoms with van der Waals surface area (Å²) in [5.41, 5.74) is 5.41. The number of nitrogens with one attached hydrogen (secondary N) is 1. The molecule has 0 saturated carbocycles. The summed E-state index contributed by atoms with van der Waals surface area (Å²) < 4.78 is 0. The minimum atomic E-state index is 0.145. The number of nitrogens with zero attached hydrogens (tertiary/aromatic N) is 1. The van der Waals surface area contributed by atoms with E-state index in [1.165, 1.54) is 0 Å².